The highest BCUT2D eigenvalue weighted by molar-refractivity contribution is 7.86. The Morgan fingerprint density at radius 2 is 1.55 bits per heavy atom. The number of carbonyl (C=O) groups excluding carboxylic acids is 1. The summed E-state index contributed by atoms with van der Waals surface area (Å²) in [6.07, 6.45) is -0.169. The molecule has 11 heteroatoms. The molecular weight excluding hydrogens is 417 g/mol. The molecule has 1 atom stereocenters. The molecule has 0 heterocycles. The topological polar surface area (TPSA) is 99.1 Å². The van der Waals surface area contributed by atoms with Crippen molar-refractivity contribution < 1.29 is 45.1 Å². The van der Waals surface area contributed by atoms with E-state index in [9.17, 15) is 26.4 Å². The molecule has 1 rings (SSSR count). The number of unbranched alkanes of at least 4 members (excludes halogenated alkanes) is 2. The molecular formula is C18H25F3O7S. The van der Waals surface area contributed by atoms with Crippen LogP contribution in [-0.2, 0) is 14.9 Å². The summed E-state index contributed by atoms with van der Waals surface area (Å²) in [5.74, 6) is -0.626. The Hall–Kier alpha value is -2.01. The summed E-state index contributed by atoms with van der Waals surface area (Å²) in [6, 6.07) is 4.10. The highest BCUT2D eigenvalue weighted by atomic mass is 32.2. The first-order chi connectivity index (χ1) is 13.5. The lowest BCUT2D eigenvalue weighted by atomic mass is 10.2. The number of hydrogen-bond donors (Lipinski definition) is 1. The zero-order valence-electron chi connectivity index (χ0n) is 16.2. The minimum Gasteiger partial charge on any atom is -0.493 e. The van der Waals surface area contributed by atoms with Crippen LogP contribution < -0.4 is 9.47 Å². The van der Waals surface area contributed by atoms with E-state index in [0.29, 0.717) is 13.2 Å². The van der Waals surface area contributed by atoms with E-state index in [0.717, 1.165) is 25.7 Å². The number of ether oxygens (including phenoxy) is 3. The third kappa shape index (κ3) is 7.73. The molecule has 0 aromatic heterocycles. The molecule has 0 fully saturated rings. The number of halogens is 3. The Labute approximate surface area is 167 Å². The van der Waals surface area contributed by atoms with Crippen LogP contribution in [0.15, 0.2) is 18.2 Å². The Morgan fingerprint density at radius 1 is 1.07 bits per heavy atom. The second kappa shape index (κ2) is 11.2. The van der Waals surface area contributed by atoms with Gasteiger partial charge in [-0.25, -0.2) is 9.18 Å². The molecule has 0 saturated heterocycles. The molecule has 7 nitrogen and oxygen atoms in total. The molecule has 0 saturated carbocycles. The molecule has 0 spiro atoms. The van der Waals surface area contributed by atoms with Gasteiger partial charge < -0.3 is 14.2 Å². The van der Waals surface area contributed by atoms with Crippen molar-refractivity contribution in [1.29, 1.82) is 0 Å². The van der Waals surface area contributed by atoms with Gasteiger partial charge in [0.1, 0.15) is 18.1 Å². The summed E-state index contributed by atoms with van der Waals surface area (Å²) in [5, 5.41) is -5.10. The van der Waals surface area contributed by atoms with Gasteiger partial charge in [0.05, 0.1) is 18.8 Å². The molecule has 0 bridgehead atoms. The highest BCUT2D eigenvalue weighted by Crippen LogP contribution is 2.28. The lowest BCUT2D eigenvalue weighted by Gasteiger charge is -2.17. The normalized spacial score (nSPS) is 13.0. The zero-order chi connectivity index (χ0) is 22.1. The van der Waals surface area contributed by atoms with Gasteiger partial charge in [0.2, 0.25) is 6.17 Å². The summed E-state index contributed by atoms with van der Waals surface area (Å²) in [6.45, 7) is 3.10. The van der Waals surface area contributed by atoms with Crippen LogP contribution in [-0.4, -0.2) is 50.2 Å². The van der Waals surface area contributed by atoms with E-state index in [-0.39, 0.29) is 17.1 Å². The van der Waals surface area contributed by atoms with Crippen LogP contribution in [0.3, 0.4) is 0 Å². The summed E-state index contributed by atoms with van der Waals surface area (Å²) in [5.41, 5.74) is -0.145. The predicted octanol–water partition coefficient (Wildman–Crippen LogP) is 4.02. The summed E-state index contributed by atoms with van der Waals surface area (Å²) in [4.78, 5) is 12.1. The van der Waals surface area contributed by atoms with Gasteiger partial charge in [-0.1, -0.05) is 26.7 Å². The van der Waals surface area contributed by atoms with E-state index in [4.69, 9.17) is 14.0 Å². The lowest BCUT2D eigenvalue weighted by molar-refractivity contribution is -0.0357. The van der Waals surface area contributed by atoms with Crippen molar-refractivity contribution in [2.75, 3.05) is 19.8 Å². The molecule has 166 valence electrons. The molecule has 0 aliphatic heterocycles. The highest BCUT2D eigenvalue weighted by Gasteiger charge is 2.53. The summed E-state index contributed by atoms with van der Waals surface area (Å²) < 4.78 is 84.9. The van der Waals surface area contributed by atoms with Crippen LogP contribution in [0.25, 0.3) is 0 Å². The molecule has 0 radical (unpaired) electrons. The van der Waals surface area contributed by atoms with E-state index in [1.54, 1.807) is 6.07 Å². The molecule has 0 aliphatic rings. The van der Waals surface area contributed by atoms with Gasteiger partial charge in [0, 0.05) is 6.07 Å². The quantitative estimate of drug-likeness (QED) is 0.280. The van der Waals surface area contributed by atoms with Crippen LogP contribution in [0.5, 0.6) is 11.5 Å². The fourth-order valence-corrected chi connectivity index (χ4v) is 2.41. The summed E-state index contributed by atoms with van der Waals surface area (Å²) in [7, 11) is -5.99. The number of hydrogen-bond acceptors (Lipinski definition) is 6. The monoisotopic (exact) mass is 442 g/mol. The van der Waals surface area contributed by atoms with Crippen LogP contribution in [0.4, 0.5) is 13.2 Å². The maximum absolute atomic E-state index is 13.5. The smallest absolute Gasteiger partial charge is 0.403 e. The van der Waals surface area contributed by atoms with Crippen molar-refractivity contribution in [1.82, 2.24) is 0 Å². The third-order valence-electron chi connectivity index (χ3n) is 3.72. The Kier molecular flexibility index (Phi) is 9.71. The minimum atomic E-state index is -5.99. The van der Waals surface area contributed by atoms with Crippen LogP contribution in [0.1, 0.15) is 49.9 Å². The maximum atomic E-state index is 13.5. The number of esters is 1. The first-order valence-electron chi connectivity index (χ1n) is 9.09. The van der Waals surface area contributed by atoms with Crippen molar-refractivity contribution in [3.63, 3.8) is 0 Å². The molecule has 1 N–H and O–H groups in total. The van der Waals surface area contributed by atoms with E-state index in [2.05, 4.69) is 4.74 Å². The van der Waals surface area contributed by atoms with Crippen molar-refractivity contribution in [2.24, 2.45) is 0 Å². The van der Waals surface area contributed by atoms with Gasteiger partial charge in [-0.3, -0.25) is 4.55 Å². The van der Waals surface area contributed by atoms with Gasteiger partial charge in [0.25, 0.3) is 0 Å². The van der Waals surface area contributed by atoms with Crippen LogP contribution >= 0.6 is 0 Å². The van der Waals surface area contributed by atoms with E-state index >= 15 is 0 Å². The van der Waals surface area contributed by atoms with Crippen LogP contribution in [0, 0.1) is 0 Å². The standard InChI is InChI=1S/C18H25F3O7S/c1-3-5-7-26-14-9-13(10-15(11-14)27-8-6-4-2)17(22)28-12-16(19)18(20,21)29(23,24)25/h9-11,16H,3-8,12H2,1-2H3,(H,23,24,25). The third-order valence-corrected chi connectivity index (χ3v) is 4.66. The second-order valence-corrected chi connectivity index (χ2v) is 7.69. The van der Waals surface area contributed by atoms with E-state index in [1.165, 1.54) is 12.1 Å². The molecule has 1 aromatic rings. The van der Waals surface area contributed by atoms with Crippen molar-refractivity contribution >= 4 is 16.1 Å². The van der Waals surface area contributed by atoms with Crippen LogP contribution in [0.2, 0.25) is 0 Å². The summed E-state index contributed by atoms with van der Waals surface area (Å²) >= 11 is 0. The number of alkyl halides is 3. The fraction of sp³-hybridized carbons (Fsp3) is 0.611. The van der Waals surface area contributed by atoms with Gasteiger partial charge in [-0.2, -0.15) is 17.2 Å². The number of benzene rings is 1. The molecule has 0 aliphatic carbocycles. The van der Waals surface area contributed by atoms with Gasteiger partial charge >= 0.3 is 21.3 Å². The van der Waals surface area contributed by atoms with Gasteiger partial charge in [-0.05, 0) is 25.0 Å². The average Bonchev–Trinajstić information content (AvgIpc) is 2.65. The Balaban J connectivity index is 2.91. The van der Waals surface area contributed by atoms with Crippen molar-refractivity contribution in [3.05, 3.63) is 23.8 Å². The van der Waals surface area contributed by atoms with Gasteiger partial charge in [-0.15, -0.1) is 0 Å². The van der Waals surface area contributed by atoms with E-state index in [1.807, 2.05) is 13.8 Å². The molecule has 1 aromatic carbocycles. The maximum Gasteiger partial charge on any atom is 0.403 e. The lowest BCUT2D eigenvalue weighted by Crippen LogP contribution is -2.41. The Morgan fingerprint density at radius 3 is 1.97 bits per heavy atom. The minimum absolute atomic E-state index is 0.145. The molecule has 29 heavy (non-hydrogen) atoms. The predicted molar refractivity (Wildman–Crippen MR) is 98.9 cm³/mol. The first kappa shape index (κ1) is 25.0. The fourth-order valence-electron chi connectivity index (χ4n) is 2.02. The van der Waals surface area contributed by atoms with Gasteiger partial charge in [0.15, 0.2) is 0 Å². The second-order valence-electron chi connectivity index (χ2n) is 6.20. The van der Waals surface area contributed by atoms with Crippen molar-refractivity contribution in [2.45, 2.75) is 51.0 Å². The molecule has 1 unspecified atom stereocenters. The molecule has 0 amide bonds. The number of rotatable bonds is 13. The Bertz CT molecular complexity index is 740. The first-order valence-corrected chi connectivity index (χ1v) is 10.5. The average molecular weight is 442 g/mol. The number of carbonyl (C=O) groups is 1. The van der Waals surface area contributed by atoms with E-state index < -0.39 is 34.1 Å². The SMILES string of the molecule is CCCCOc1cc(OCCCC)cc(C(=O)OCC(F)C(F)(F)S(=O)(=O)O)c1. The zero-order valence-corrected chi connectivity index (χ0v) is 17.0. The largest absolute Gasteiger partial charge is 0.493 e. The van der Waals surface area contributed by atoms with Crippen molar-refractivity contribution in [3.8, 4) is 11.5 Å².